The third-order valence-corrected chi connectivity index (χ3v) is 5.82. The Balaban J connectivity index is 1.35. The first-order valence-corrected chi connectivity index (χ1v) is 10.6. The van der Waals surface area contributed by atoms with Crippen LogP contribution in [-0.2, 0) is 9.63 Å². The van der Waals surface area contributed by atoms with E-state index in [9.17, 15) is 9.59 Å². The molecule has 2 aromatic rings. The van der Waals surface area contributed by atoms with Crippen molar-refractivity contribution in [3.63, 3.8) is 0 Å². The van der Waals surface area contributed by atoms with Gasteiger partial charge in [-0.25, -0.2) is 0 Å². The quantitative estimate of drug-likeness (QED) is 0.702. The molecule has 0 radical (unpaired) electrons. The number of benzene rings is 2. The Hall–Kier alpha value is -2.50. The van der Waals surface area contributed by atoms with E-state index in [4.69, 9.17) is 4.84 Å². The molecule has 2 saturated heterocycles. The predicted molar refractivity (Wildman–Crippen MR) is 112 cm³/mol. The van der Waals surface area contributed by atoms with Gasteiger partial charge in [0.1, 0.15) is 0 Å². The number of hydrogen-bond donors (Lipinski definition) is 0. The van der Waals surface area contributed by atoms with Crippen molar-refractivity contribution >= 4 is 11.7 Å². The standard InChI is InChI=1S/C24H28N2O3/c27-23(13-16-26-15-5-17-29-26)25-14-4-8-22(18-25)24(28)21-11-9-20(10-12-21)19-6-2-1-3-7-19/h1-3,6-7,9-12,22H,4-5,8,13-18H2/t22-/m1/s1. The lowest BCUT2D eigenvalue weighted by atomic mass is 9.89. The molecule has 1 atom stereocenters. The van der Waals surface area contributed by atoms with Crippen LogP contribution in [0, 0.1) is 5.92 Å². The molecular formula is C24H28N2O3. The number of piperidine rings is 1. The Morgan fingerprint density at radius 3 is 2.41 bits per heavy atom. The molecule has 1 amide bonds. The van der Waals surface area contributed by atoms with Crippen molar-refractivity contribution in [1.29, 1.82) is 0 Å². The summed E-state index contributed by atoms with van der Waals surface area (Å²) < 4.78 is 0. The molecule has 29 heavy (non-hydrogen) atoms. The monoisotopic (exact) mass is 392 g/mol. The third kappa shape index (κ3) is 4.92. The molecular weight excluding hydrogens is 364 g/mol. The molecule has 2 aliphatic rings. The maximum Gasteiger partial charge on any atom is 0.223 e. The average molecular weight is 392 g/mol. The second-order valence-corrected chi connectivity index (χ2v) is 7.85. The van der Waals surface area contributed by atoms with Crippen LogP contribution >= 0.6 is 0 Å². The summed E-state index contributed by atoms with van der Waals surface area (Å²) in [4.78, 5) is 32.9. The Kier molecular flexibility index (Phi) is 6.37. The van der Waals surface area contributed by atoms with Crippen LogP contribution in [0.25, 0.3) is 11.1 Å². The number of hydroxylamine groups is 2. The minimum atomic E-state index is -0.113. The van der Waals surface area contributed by atoms with Gasteiger partial charge < -0.3 is 4.90 Å². The molecule has 0 unspecified atom stereocenters. The summed E-state index contributed by atoms with van der Waals surface area (Å²) in [5.41, 5.74) is 2.98. The van der Waals surface area contributed by atoms with Gasteiger partial charge in [-0.05, 0) is 30.4 Å². The van der Waals surface area contributed by atoms with E-state index in [-0.39, 0.29) is 17.6 Å². The van der Waals surface area contributed by atoms with Crippen LogP contribution in [0.5, 0.6) is 0 Å². The van der Waals surface area contributed by atoms with Gasteiger partial charge in [-0.2, -0.15) is 5.06 Å². The zero-order valence-corrected chi connectivity index (χ0v) is 16.8. The van der Waals surface area contributed by atoms with Gasteiger partial charge in [-0.1, -0.05) is 54.6 Å². The number of hydrogen-bond acceptors (Lipinski definition) is 4. The Morgan fingerprint density at radius 1 is 0.931 bits per heavy atom. The highest BCUT2D eigenvalue weighted by atomic mass is 16.7. The van der Waals surface area contributed by atoms with Crippen LogP contribution in [0.1, 0.15) is 36.0 Å². The van der Waals surface area contributed by atoms with Crippen LogP contribution in [0.15, 0.2) is 54.6 Å². The van der Waals surface area contributed by atoms with Crippen molar-refractivity contribution in [1.82, 2.24) is 9.96 Å². The van der Waals surface area contributed by atoms with Gasteiger partial charge in [0.15, 0.2) is 5.78 Å². The minimum Gasteiger partial charge on any atom is -0.342 e. The van der Waals surface area contributed by atoms with Crippen molar-refractivity contribution < 1.29 is 14.4 Å². The second-order valence-electron chi connectivity index (χ2n) is 7.85. The van der Waals surface area contributed by atoms with E-state index in [1.165, 1.54) is 0 Å². The summed E-state index contributed by atoms with van der Waals surface area (Å²) in [5, 5.41) is 1.87. The van der Waals surface area contributed by atoms with Crippen molar-refractivity contribution in [2.45, 2.75) is 25.7 Å². The Labute approximate surface area is 172 Å². The van der Waals surface area contributed by atoms with E-state index >= 15 is 0 Å². The molecule has 152 valence electrons. The molecule has 0 spiro atoms. The molecule has 2 heterocycles. The number of carbonyl (C=O) groups excluding carboxylic acids is 2. The first-order valence-electron chi connectivity index (χ1n) is 10.6. The molecule has 0 bridgehead atoms. The Morgan fingerprint density at radius 2 is 1.69 bits per heavy atom. The van der Waals surface area contributed by atoms with Gasteiger partial charge in [0.25, 0.3) is 0 Å². The number of nitrogens with zero attached hydrogens (tertiary/aromatic N) is 2. The molecule has 5 heteroatoms. The van der Waals surface area contributed by atoms with Crippen LogP contribution in [-0.4, -0.2) is 54.4 Å². The number of rotatable bonds is 6. The van der Waals surface area contributed by atoms with E-state index < -0.39 is 0 Å². The van der Waals surface area contributed by atoms with E-state index in [0.717, 1.165) is 55.6 Å². The molecule has 2 aromatic carbocycles. The first-order chi connectivity index (χ1) is 14.2. The lowest BCUT2D eigenvalue weighted by Gasteiger charge is -2.32. The van der Waals surface area contributed by atoms with Crippen LogP contribution in [0.4, 0.5) is 0 Å². The largest absolute Gasteiger partial charge is 0.342 e. The minimum absolute atomic E-state index is 0.113. The first kappa shape index (κ1) is 19.8. The lowest BCUT2D eigenvalue weighted by molar-refractivity contribution is -0.139. The Bertz CT molecular complexity index is 829. The van der Waals surface area contributed by atoms with Crippen molar-refractivity contribution in [2.75, 3.05) is 32.8 Å². The maximum absolute atomic E-state index is 13.0. The maximum atomic E-state index is 13.0. The summed E-state index contributed by atoms with van der Waals surface area (Å²) in [7, 11) is 0. The fraction of sp³-hybridized carbons (Fsp3) is 0.417. The normalized spacial score (nSPS) is 20.0. The summed E-state index contributed by atoms with van der Waals surface area (Å²) in [6, 6.07) is 18.0. The van der Waals surface area contributed by atoms with Crippen molar-refractivity contribution in [2.24, 2.45) is 5.92 Å². The summed E-state index contributed by atoms with van der Waals surface area (Å²) >= 11 is 0. The van der Waals surface area contributed by atoms with Gasteiger partial charge >= 0.3 is 0 Å². The van der Waals surface area contributed by atoms with Gasteiger partial charge in [0, 0.05) is 44.1 Å². The second kappa shape index (κ2) is 9.33. The molecule has 0 aliphatic carbocycles. The SMILES string of the molecule is O=C(c1ccc(-c2ccccc2)cc1)[C@@H]1CCCN(C(=O)CCN2CCCO2)C1. The van der Waals surface area contributed by atoms with Crippen LogP contribution in [0.2, 0.25) is 0 Å². The molecule has 0 aromatic heterocycles. The average Bonchev–Trinajstić information content (AvgIpc) is 3.31. The topological polar surface area (TPSA) is 49.9 Å². The number of carbonyl (C=O) groups is 2. The summed E-state index contributed by atoms with van der Waals surface area (Å²) in [6.45, 7) is 3.55. The highest BCUT2D eigenvalue weighted by Crippen LogP contribution is 2.24. The van der Waals surface area contributed by atoms with Crippen LogP contribution in [0.3, 0.4) is 0 Å². The zero-order chi connectivity index (χ0) is 20.1. The predicted octanol–water partition coefficient (Wildman–Crippen LogP) is 3.80. The van der Waals surface area contributed by atoms with Crippen molar-refractivity contribution in [3.05, 3.63) is 60.2 Å². The van der Waals surface area contributed by atoms with E-state index in [1.807, 2.05) is 52.4 Å². The van der Waals surface area contributed by atoms with E-state index in [2.05, 4.69) is 12.1 Å². The molecule has 0 saturated carbocycles. The lowest BCUT2D eigenvalue weighted by Crippen LogP contribution is -2.43. The number of ketones is 1. The van der Waals surface area contributed by atoms with E-state index in [1.54, 1.807) is 0 Å². The molecule has 4 rings (SSSR count). The van der Waals surface area contributed by atoms with Gasteiger partial charge in [0.2, 0.25) is 5.91 Å². The molecule has 2 aliphatic heterocycles. The fourth-order valence-corrected chi connectivity index (χ4v) is 4.16. The van der Waals surface area contributed by atoms with Gasteiger partial charge in [-0.3, -0.25) is 14.4 Å². The van der Waals surface area contributed by atoms with Gasteiger partial charge in [-0.15, -0.1) is 0 Å². The summed E-state index contributed by atoms with van der Waals surface area (Å²) in [5.74, 6) is 0.153. The smallest absolute Gasteiger partial charge is 0.223 e. The third-order valence-electron chi connectivity index (χ3n) is 5.82. The zero-order valence-electron chi connectivity index (χ0n) is 16.8. The van der Waals surface area contributed by atoms with Crippen LogP contribution < -0.4 is 0 Å². The molecule has 5 nitrogen and oxygen atoms in total. The summed E-state index contributed by atoms with van der Waals surface area (Å²) in [6.07, 6.45) is 3.20. The molecule has 0 N–H and O–H groups in total. The number of Topliss-reactive ketones (excluding diaryl/α,β-unsaturated/α-hetero) is 1. The highest BCUT2D eigenvalue weighted by molar-refractivity contribution is 5.98. The fourth-order valence-electron chi connectivity index (χ4n) is 4.16. The van der Waals surface area contributed by atoms with Gasteiger partial charge in [0.05, 0.1) is 6.61 Å². The molecule has 2 fully saturated rings. The number of likely N-dealkylation sites (tertiary alicyclic amines) is 1. The van der Waals surface area contributed by atoms with E-state index in [0.29, 0.717) is 19.5 Å². The highest BCUT2D eigenvalue weighted by Gasteiger charge is 2.29. The number of amides is 1. The van der Waals surface area contributed by atoms with Crippen molar-refractivity contribution in [3.8, 4) is 11.1 Å².